The molecule has 0 bridgehead atoms. The molecule has 2 aromatic rings. The normalized spacial score (nSPS) is 10.4. The van der Waals surface area contributed by atoms with Crippen LogP contribution in [0.2, 0.25) is 5.02 Å². The molecule has 2 rings (SSSR count). The van der Waals surface area contributed by atoms with Crippen molar-refractivity contribution in [2.24, 2.45) is 5.73 Å². The lowest BCUT2D eigenvalue weighted by molar-refractivity contribution is 0.405. The Bertz CT molecular complexity index is 555. The van der Waals surface area contributed by atoms with Crippen LogP contribution in [0.3, 0.4) is 0 Å². The zero-order valence-electron chi connectivity index (χ0n) is 9.16. The number of pyridine rings is 1. The van der Waals surface area contributed by atoms with Crippen LogP contribution in [-0.4, -0.2) is 4.98 Å². The van der Waals surface area contributed by atoms with E-state index in [1.54, 1.807) is 0 Å². The second kappa shape index (κ2) is 5.29. The van der Waals surface area contributed by atoms with Gasteiger partial charge in [0.05, 0.1) is 11.2 Å². The minimum absolute atomic E-state index is 0.0485. The number of benzene rings is 1. The lowest BCUT2D eigenvalue weighted by atomic mass is 10.2. The van der Waals surface area contributed by atoms with Gasteiger partial charge in [-0.05, 0) is 17.7 Å². The molecule has 1 heterocycles. The van der Waals surface area contributed by atoms with Gasteiger partial charge in [0.15, 0.2) is 17.4 Å². The molecular weight excluding hydrogens is 262 g/mol. The number of aromatic nitrogens is 1. The Morgan fingerprint density at radius 1 is 1.17 bits per heavy atom. The van der Waals surface area contributed by atoms with Crippen molar-refractivity contribution < 1.29 is 13.5 Å². The minimum Gasteiger partial charge on any atom is -0.449 e. The highest BCUT2D eigenvalue weighted by molar-refractivity contribution is 6.30. The Kier molecular flexibility index (Phi) is 3.74. The third-order valence-corrected chi connectivity index (χ3v) is 2.40. The summed E-state index contributed by atoms with van der Waals surface area (Å²) in [6.45, 7) is 0.0485. The quantitative estimate of drug-likeness (QED) is 0.931. The van der Waals surface area contributed by atoms with Crippen LogP contribution in [0.1, 0.15) is 5.56 Å². The molecule has 2 N–H and O–H groups in total. The second-order valence-electron chi connectivity index (χ2n) is 3.53. The maximum absolute atomic E-state index is 13.6. The van der Waals surface area contributed by atoms with Crippen LogP contribution in [-0.2, 0) is 6.54 Å². The molecule has 1 aromatic heterocycles. The molecule has 0 aliphatic carbocycles. The summed E-state index contributed by atoms with van der Waals surface area (Å²) < 4.78 is 32.3. The van der Waals surface area contributed by atoms with E-state index >= 15 is 0 Å². The predicted octanol–water partition coefficient (Wildman–Crippen LogP) is 3.26. The third kappa shape index (κ3) is 2.75. The topological polar surface area (TPSA) is 48.1 Å². The summed E-state index contributed by atoms with van der Waals surface area (Å²) in [6, 6.07) is 3.65. The lowest BCUT2D eigenvalue weighted by Gasteiger charge is -2.09. The van der Waals surface area contributed by atoms with Gasteiger partial charge in [-0.15, -0.1) is 0 Å². The molecule has 1 aromatic carbocycles. The first-order valence-corrected chi connectivity index (χ1v) is 5.44. The summed E-state index contributed by atoms with van der Waals surface area (Å²) in [7, 11) is 0. The van der Waals surface area contributed by atoms with Gasteiger partial charge in [0.2, 0.25) is 0 Å². The van der Waals surface area contributed by atoms with Gasteiger partial charge in [-0.1, -0.05) is 11.6 Å². The summed E-state index contributed by atoms with van der Waals surface area (Å²) >= 11 is 5.69. The van der Waals surface area contributed by atoms with Crippen LogP contribution in [0, 0.1) is 11.6 Å². The van der Waals surface area contributed by atoms with E-state index in [1.807, 2.05) is 0 Å². The number of nitrogens with zero attached hydrogens (tertiary/aromatic N) is 1. The van der Waals surface area contributed by atoms with Crippen molar-refractivity contribution in [2.45, 2.75) is 6.54 Å². The number of halogens is 3. The van der Waals surface area contributed by atoms with Crippen molar-refractivity contribution in [2.75, 3.05) is 0 Å². The Morgan fingerprint density at radius 2 is 1.83 bits per heavy atom. The van der Waals surface area contributed by atoms with Gasteiger partial charge in [0.1, 0.15) is 5.75 Å². The molecule has 0 radical (unpaired) electrons. The van der Waals surface area contributed by atoms with Crippen molar-refractivity contribution in [1.82, 2.24) is 4.98 Å². The molecule has 94 valence electrons. The highest BCUT2D eigenvalue weighted by Crippen LogP contribution is 2.29. The van der Waals surface area contributed by atoms with E-state index in [9.17, 15) is 8.78 Å². The predicted molar refractivity (Wildman–Crippen MR) is 63.6 cm³/mol. The van der Waals surface area contributed by atoms with Gasteiger partial charge >= 0.3 is 0 Å². The molecule has 18 heavy (non-hydrogen) atoms. The molecule has 0 spiro atoms. The van der Waals surface area contributed by atoms with Crippen LogP contribution >= 0.6 is 11.6 Å². The molecule has 0 amide bonds. The number of hydrogen-bond acceptors (Lipinski definition) is 3. The second-order valence-corrected chi connectivity index (χ2v) is 3.97. The van der Waals surface area contributed by atoms with Crippen molar-refractivity contribution in [3.05, 3.63) is 52.8 Å². The number of hydrogen-bond donors (Lipinski definition) is 1. The largest absolute Gasteiger partial charge is 0.449 e. The number of ether oxygens (including phenoxy) is 1. The highest BCUT2D eigenvalue weighted by Gasteiger charge is 2.13. The molecule has 0 saturated carbocycles. The van der Waals surface area contributed by atoms with Gasteiger partial charge in [0.25, 0.3) is 0 Å². The van der Waals surface area contributed by atoms with Gasteiger partial charge in [0, 0.05) is 18.8 Å². The fourth-order valence-corrected chi connectivity index (χ4v) is 1.56. The Hall–Kier alpha value is -1.72. The summed E-state index contributed by atoms with van der Waals surface area (Å²) in [6.07, 6.45) is 2.69. The minimum atomic E-state index is -0.824. The van der Waals surface area contributed by atoms with E-state index < -0.39 is 17.4 Å². The van der Waals surface area contributed by atoms with Gasteiger partial charge in [-0.3, -0.25) is 4.98 Å². The average Bonchev–Trinajstić information content (AvgIpc) is 2.33. The fourth-order valence-electron chi connectivity index (χ4n) is 1.39. The Balaban J connectivity index is 2.35. The van der Waals surface area contributed by atoms with Crippen LogP contribution < -0.4 is 10.5 Å². The van der Waals surface area contributed by atoms with Crippen molar-refractivity contribution in [3.63, 3.8) is 0 Å². The van der Waals surface area contributed by atoms with E-state index in [-0.39, 0.29) is 12.3 Å². The standard InChI is InChI=1S/C12H9ClF2N2O/c13-8-3-9(6-17-5-8)18-12-10(14)1-7(4-16)2-11(12)15/h1-3,5-6H,4,16H2. The van der Waals surface area contributed by atoms with Gasteiger partial charge in [-0.25, -0.2) is 8.78 Å². The molecule has 3 nitrogen and oxygen atoms in total. The summed E-state index contributed by atoms with van der Waals surface area (Å²) in [5, 5.41) is 0.312. The van der Waals surface area contributed by atoms with E-state index in [1.165, 1.54) is 18.5 Å². The first-order valence-electron chi connectivity index (χ1n) is 5.06. The zero-order valence-corrected chi connectivity index (χ0v) is 9.92. The van der Waals surface area contributed by atoms with Gasteiger partial charge in [-0.2, -0.15) is 0 Å². The molecule has 0 aliphatic rings. The number of nitrogens with two attached hydrogens (primary N) is 1. The Morgan fingerprint density at radius 3 is 2.39 bits per heavy atom. The van der Waals surface area contributed by atoms with E-state index in [0.29, 0.717) is 10.6 Å². The molecule has 6 heteroatoms. The third-order valence-electron chi connectivity index (χ3n) is 2.19. The van der Waals surface area contributed by atoms with Crippen LogP contribution in [0.4, 0.5) is 8.78 Å². The molecule has 0 unspecified atom stereocenters. The fraction of sp³-hybridized carbons (Fsp3) is 0.0833. The summed E-state index contributed by atoms with van der Waals surface area (Å²) in [4.78, 5) is 3.75. The summed E-state index contributed by atoms with van der Waals surface area (Å²) in [5.41, 5.74) is 5.66. The van der Waals surface area contributed by atoms with E-state index in [2.05, 4.69) is 4.98 Å². The van der Waals surface area contributed by atoms with Gasteiger partial charge < -0.3 is 10.5 Å². The zero-order chi connectivity index (χ0) is 13.1. The van der Waals surface area contributed by atoms with Crippen molar-refractivity contribution in [3.8, 4) is 11.5 Å². The van der Waals surface area contributed by atoms with E-state index in [0.717, 1.165) is 12.1 Å². The smallest absolute Gasteiger partial charge is 0.198 e. The maximum Gasteiger partial charge on any atom is 0.198 e. The highest BCUT2D eigenvalue weighted by atomic mass is 35.5. The maximum atomic E-state index is 13.6. The Labute approximate surface area is 107 Å². The molecule has 0 atom stereocenters. The van der Waals surface area contributed by atoms with Crippen molar-refractivity contribution >= 4 is 11.6 Å². The van der Waals surface area contributed by atoms with Crippen LogP contribution in [0.15, 0.2) is 30.6 Å². The van der Waals surface area contributed by atoms with Crippen molar-refractivity contribution in [1.29, 1.82) is 0 Å². The number of rotatable bonds is 3. The lowest BCUT2D eigenvalue weighted by Crippen LogP contribution is -2.00. The monoisotopic (exact) mass is 270 g/mol. The molecule has 0 saturated heterocycles. The van der Waals surface area contributed by atoms with Crippen LogP contribution in [0.25, 0.3) is 0 Å². The van der Waals surface area contributed by atoms with Crippen LogP contribution in [0.5, 0.6) is 11.5 Å². The SMILES string of the molecule is NCc1cc(F)c(Oc2cncc(Cl)c2)c(F)c1. The van der Waals surface area contributed by atoms with E-state index in [4.69, 9.17) is 22.1 Å². The first kappa shape index (κ1) is 12.7. The average molecular weight is 271 g/mol. The molecule has 0 fully saturated rings. The summed E-state index contributed by atoms with van der Waals surface area (Å²) in [5.74, 6) is -2.00. The molecular formula is C12H9ClF2N2O. The first-order chi connectivity index (χ1) is 8.60. The molecule has 0 aliphatic heterocycles.